The fourth-order valence-electron chi connectivity index (χ4n) is 4.53. The number of carbonyl (C=O) groups is 3. The Labute approximate surface area is 191 Å². The fourth-order valence-corrected chi connectivity index (χ4v) is 4.95. The van der Waals surface area contributed by atoms with Crippen molar-refractivity contribution in [3.8, 4) is 0 Å². The Hall–Kier alpha value is -1.86. The van der Waals surface area contributed by atoms with Crippen molar-refractivity contribution in [2.75, 3.05) is 6.54 Å². The van der Waals surface area contributed by atoms with Gasteiger partial charge in [-0.1, -0.05) is 43.0 Å². The first-order valence-corrected chi connectivity index (χ1v) is 11.3. The predicted octanol–water partition coefficient (Wildman–Crippen LogP) is 4.98. The highest BCUT2D eigenvalue weighted by Crippen LogP contribution is 2.50. The molecule has 9 heteroatoms. The first-order valence-electron chi connectivity index (χ1n) is 10.5. The minimum atomic E-state index is -0.942. The van der Waals surface area contributed by atoms with E-state index in [0.29, 0.717) is 6.42 Å². The quantitative estimate of drug-likeness (QED) is 0.434. The van der Waals surface area contributed by atoms with Crippen LogP contribution in [0, 0.1) is 11.2 Å². The smallest absolute Gasteiger partial charge is 0.325 e. The van der Waals surface area contributed by atoms with Gasteiger partial charge in [0.25, 0.3) is 5.91 Å². The standard InChI is InChI=1S/C22H28Cl2FN3O3/c1-21(2)19(30)28(20(31)27-21)12-6-7-15(29)26-18(22(3)10-4-5-11-22)16-14(25)9-8-13(23)17(16)24/h8-9,18H,4-7,10-12H2,1-3H3,(H,26,29)(H,27,31)/t18-/m1/s1. The number of imide groups is 1. The van der Waals surface area contributed by atoms with Crippen molar-refractivity contribution < 1.29 is 18.8 Å². The molecule has 1 atom stereocenters. The second-order valence-corrected chi connectivity index (χ2v) is 10.0. The lowest BCUT2D eigenvalue weighted by atomic mass is 9.77. The van der Waals surface area contributed by atoms with Crippen LogP contribution in [-0.2, 0) is 9.59 Å². The van der Waals surface area contributed by atoms with Gasteiger partial charge in [0.15, 0.2) is 0 Å². The molecule has 2 fully saturated rings. The Kier molecular flexibility index (Phi) is 6.87. The first-order chi connectivity index (χ1) is 14.5. The summed E-state index contributed by atoms with van der Waals surface area (Å²) in [6.07, 6.45) is 4.03. The summed E-state index contributed by atoms with van der Waals surface area (Å²) in [6, 6.07) is 1.59. The van der Waals surface area contributed by atoms with Crippen molar-refractivity contribution in [2.45, 2.75) is 70.9 Å². The second-order valence-electron chi connectivity index (χ2n) is 9.23. The number of hydrogen-bond donors (Lipinski definition) is 2. The van der Waals surface area contributed by atoms with Crippen LogP contribution in [0.1, 0.15) is 70.9 Å². The molecule has 1 aliphatic heterocycles. The van der Waals surface area contributed by atoms with Crippen molar-refractivity contribution in [3.05, 3.63) is 33.6 Å². The maximum Gasteiger partial charge on any atom is 0.325 e. The van der Waals surface area contributed by atoms with Gasteiger partial charge in [0, 0.05) is 18.5 Å². The molecule has 2 aliphatic rings. The van der Waals surface area contributed by atoms with Crippen molar-refractivity contribution >= 4 is 41.0 Å². The number of nitrogens with one attached hydrogen (secondary N) is 2. The SMILES string of the molecule is CC1(C)NC(=O)N(CCCC(=O)N[C@H](c2c(F)ccc(Cl)c2Cl)C2(C)CCCC2)C1=O. The Morgan fingerprint density at radius 1 is 1.23 bits per heavy atom. The molecule has 2 N–H and O–H groups in total. The van der Waals surface area contributed by atoms with Gasteiger partial charge in [0.2, 0.25) is 5.91 Å². The molecule has 3 rings (SSSR count). The van der Waals surface area contributed by atoms with E-state index in [2.05, 4.69) is 10.6 Å². The number of halogens is 3. The van der Waals surface area contributed by atoms with Crippen molar-refractivity contribution in [3.63, 3.8) is 0 Å². The average Bonchev–Trinajstić information content (AvgIpc) is 3.21. The maximum absolute atomic E-state index is 14.8. The highest BCUT2D eigenvalue weighted by molar-refractivity contribution is 6.42. The summed E-state index contributed by atoms with van der Waals surface area (Å²) in [4.78, 5) is 38.2. The molecule has 1 saturated heterocycles. The molecule has 0 bridgehead atoms. The van der Waals surface area contributed by atoms with Gasteiger partial charge in [-0.2, -0.15) is 0 Å². The third kappa shape index (κ3) is 4.82. The highest BCUT2D eigenvalue weighted by atomic mass is 35.5. The average molecular weight is 472 g/mol. The van der Waals surface area contributed by atoms with Gasteiger partial charge in [0.1, 0.15) is 11.4 Å². The summed E-state index contributed by atoms with van der Waals surface area (Å²) in [5, 5.41) is 5.92. The van der Waals surface area contributed by atoms with Gasteiger partial charge in [-0.05, 0) is 50.7 Å². The Morgan fingerprint density at radius 3 is 2.45 bits per heavy atom. The third-order valence-electron chi connectivity index (χ3n) is 6.35. The van der Waals surface area contributed by atoms with Crippen LogP contribution in [0.25, 0.3) is 0 Å². The van der Waals surface area contributed by atoms with Crippen molar-refractivity contribution in [1.29, 1.82) is 0 Å². The zero-order chi connectivity index (χ0) is 23.0. The lowest BCUT2D eigenvalue weighted by Crippen LogP contribution is -2.40. The number of benzene rings is 1. The van der Waals surface area contributed by atoms with E-state index >= 15 is 0 Å². The van der Waals surface area contributed by atoms with Crippen molar-refractivity contribution in [2.24, 2.45) is 5.41 Å². The molecule has 0 aromatic heterocycles. The zero-order valence-electron chi connectivity index (χ0n) is 18.0. The molecule has 0 unspecified atom stereocenters. The number of urea groups is 1. The van der Waals surface area contributed by atoms with Crippen LogP contribution in [0.4, 0.5) is 9.18 Å². The Balaban J connectivity index is 1.71. The van der Waals surface area contributed by atoms with Crippen LogP contribution in [0.5, 0.6) is 0 Å². The summed E-state index contributed by atoms with van der Waals surface area (Å²) in [5.74, 6) is -1.11. The number of amides is 4. The van der Waals surface area contributed by atoms with E-state index < -0.39 is 23.4 Å². The molecule has 0 spiro atoms. The lowest BCUT2D eigenvalue weighted by molar-refractivity contribution is -0.130. The molecule has 1 aromatic rings. The van der Waals surface area contributed by atoms with Gasteiger partial charge in [-0.25, -0.2) is 9.18 Å². The summed E-state index contributed by atoms with van der Waals surface area (Å²) >= 11 is 12.5. The van der Waals surface area contributed by atoms with E-state index in [9.17, 15) is 18.8 Å². The molecule has 6 nitrogen and oxygen atoms in total. The van der Waals surface area contributed by atoms with Crippen molar-refractivity contribution in [1.82, 2.24) is 15.5 Å². The molecule has 170 valence electrons. The molecule has 1 saturated carbocycles. The molecule has 1 aliphatic carbocycles. The summed E-state index contributed by atoms with van der Waals surface area (Å²) < 4.78 is 14.8. The minimum Gasteiger partial charge on any atom is -0.349 e. The number of nitrogens with zero attached hydrogens (tertiary/aromatic N) is 1. The van der Waals surface area contributed by atoms with Gasteiger partial charge in [-0.15, -0.1) is 0 Å². The molecule has 1 aromatic carbocycles. The summed E-state index contributed by atoms with van der Waals surface area (Å²) in [5.41, 5.74) is -1.08. The van der Waals surface area contributed by atoms with Crippen LogP contribution >= 0.6 is 23.2 Å². The molecular weight excluding hydrogens is 444 g/mol. The normalized spacial score (nSPS) is 20.6. The lowest BCUT2D eigenvalue weighted by Gasteiger charge is -2.36. The minimum absolute atomic E-state index is 0.0872. The van der Waals surface area contributed by atoms with Crippen LogP contribution < -0.4 is 10.6 Å². The molecule has 0 radical (unpaired) electrons. The maximum atomic E-state index is 14.8. The number of hydrogen-bond acceptors (Lipinski definition) is 3. The van der Waals surface area contributed by atoms with E-state index in [1.165, 1.54) is 12.1 Å². The van der Waals surface area contributed by atoms with E-state index in [1.807, 2.05) is 6.92 Å². The van der Waals surface area contributed by atoms with E-state index in [0.717, 1.165) is 30.6 Å². The second kappa shape index (κ2) is 8.94. The van der Waals surface area contributed by atoms with Gasteiger partial charge in [0.05, 0.1) is 16.1 Å². The fraction of sp³-hybridized carbons (Fsp3) is 0.591. The van der Waals surface area contributed by atoms with Gasteiger partial charge in [-0.3, -0.25) is 14.5 Å². The highest BCUT2D eigenvalue weighted by Gasteiger charge is 2.44. The number of rotatable bonds is 7. The molecule has 4 amide bonds. The predicted molar refractivity (Wildman–Crippen MR) is 117 cm³/mol. The largest absolute Gasteiger partial charge is 0.349 e. The van der Waals surface area contributed by atoms with Crippen LogP contribution in [0.3, 0.4) is 0 Å². The Bertz CT molecular complexity index is 900. The first kappa shape index (κ1) is 23.8. The molecular formula is C22H28Cl2FN3O3. The zero-order valence-corrected chi connectivity index (χ0v) is 19.5. The Morgan fingerprint density at radius 2 is 1.87 bits per heavy atom. The molecule has 1 heterocycles. The van der Waals surface area contributed by atoms with Gasteiger partial charge < -0.3 is 10.6 Å². The summed E-state index contributed by atoms with van der Waals surface area (Å²) in [6.45, 7) is 5.43. The van der Waals surface area contributed by atoms with E-state index in [-0.39, 0.29) is 45.8 Å². The number of carbonyl (C=O) groups excluding carboxylic acids is 3. The van der Waals surface area contributed by atoms with Crippen LogP contribution in [0.15, 0.2) is 12.1 Å². The monoisotopic (exact) mass is 471 g/mol. The van der Waals surface area contributed by atoms with E-state index in [4.69, 9.17) is 23.2 Å². The topological polar surface area (TPSA) is 78.5 Å². The van der Waals surface area contributed by atoms with Gasteiger partial charge >= 0.3 is 6.03 Å². The van der Waals surface area contributed by atoms with Crippen LogP contribution in [0.2, 0.25) is 10.0 Å². The van der Waals surface area contributed by atoms with E-state index in [1.54, 1.807) is 13.8 Å². The third-order valence-corrected chi connectivity index (χ3v) is 7.17. The van der Waals surface area contributed by atoms with Crippen LogP contribution in [-0.4, -0.2) is 34.8 Å². The summed E-state index contributed by atoms with van der Waals surface area (Å²) in [7, 11) is 0. The molecule has 31 heavy (non-hydrogen) atoms.